The van der Waals surface area contributed by atoms with Gasteiger partial charge in [-0.1, -0.05) is 38.1 Å². The Morgan fingerprint density at radius 1 is 0.897 bits per heavy atom. The van der Waals surface area contributed by atoms with E-state index < -0.39 is 5.79 Å². The van der Waals surface area contributed by atoms with Crippen molar-refractivity contribution in [3.8, 4) is 16.9 Å². The summed E-state index contributed by atoms with van der Waals surface area (Å²) in [5.41, 5.74) is 3.48. The van der Waals surface area contributed by atoms with Gasteiger partial charge in [0.15, 0.2) is 0 Å². The quantitative estimate of drug-likeness (QED) is 0.613. The third-order valence-electron chi connectivity index (χ3n) is 5.13. The van der Waals surface area contributed by atoms with Crippen LogP contribution in [0.15, 0.2) is 67.0 Å². The van der Waals surface area contributed by atoms with Crippen molar-refractivity contribution < 1.29 is 18.6 Å². The first-order valence-corrected chi connectivity index (χ1v) is 9.56. The van der Waals surface area contributed by atoms with E-state index in [2.05, 4.69) is 18.8 Å². The van der Waals surface area contributed by atoms with Crippen molar-refractivity contribution in [1.29, 1.82) is 0 Å². The van der Waals surface area contributed by atoms with Crippen LogP contribution in [0.25, 0.3) is 11.1 Å². The third-order valence-corrected chi connectivity index (χ3v) is 5.13. The first kappa shape index (κ1) is 19.6. The van der Waals surface area contributed by atoms with Gasteiger partial charge in [-0.05, 0) is 29.8 Å². The number of hydrogen-bond donors (Lipinski definition) is 0. The lowest BCUT2D eigenvalue weighted by molar-refractivity contribution is -0.284. The van der Waals surface area contributed by atoms with Gasteiger partial charge in [0, 0.05) is 40.6 Å². The average Bonchev–Trinajstić information content (AvgIpc) is 2.75. The molecule has 0 atom stereocenters. The van der Waals surface area contributed by atoms with Gasteiger partial charge in [-0.3, -0.25) is 4.98 Å². The highest BCUT2D eigenvalue weighted by atomic mass is 19.1. The molecule has 150 valence electrons. The first-order valence-electron chi connectivity index (χ1n) is 9.56. The lowest BCUT2D eigenvalue weighted by Gasteiger charge is -2.44. The number of hydrogen-bond acceptors (Lipinski definition) is 4. The molecule has 1 fully saturated rings. The van der Waals surface area contributed by atoms with Crippen LogP contribution in [0.3, 0.4) is 0 Å². The number of ether oxygens (including phenoxy) is 3. The van der Waals surface area contributed by atoms with E-state index in [1.165, 1.54) is 19.2 Å². The Hall–Kier alpha value is -2.76. The van der Waals surface area contributed by atoms with E-state index in [1.54, 1.807) is 18.5 Å². The maximum Gasteiger partial charge on any atom is 0.222 e. The molecular formula is C24H24FNO3. The van der Waals surface area contributed by atoms with Crippen molar-refractivity contribution in [3.05, 3.63) is 83.9 Å². The van der Waals surface area contributed by atoms with E-state index >= 15 is 0 Å². The van der Waals surface area contributed by atoms with E-state index in [1.807, 2.05) is 36.4 Å². The molecule has 2 heterocycles. The zero-order chi connectivity index (χ0) is 20.5. The van der Waals surface area contributed by atoms with Crippen LogP contribution in [0.2, 0.25) is 0 Å². The number of aromatic nitrogens is 1. The van der Waals surface area contributed by atoms with Crippen molar-refractivity contribution in [2.45, 2.75) is 19.6 Å². The summed E-state index contributed by atoms with van der Waals surface area (Å²) in [7, 11) is 1.54. The lowest BCUT2D eigenvalue weighted by atomic mass is 9.90. The lowest BCUT2D eigenvalue weighted by Crippen LogP contribution is -2.46. The minimum atomic E-state index is -0.982. The van der Waals surface area contributed by atoms with Crippen LogP contribution in [-0.4, -0.2) is 25.3 Å². The molecule has 0 aliphatic carbocycles. The Bertz CT molecular complexity index is 977. The fraction of sp³-hybridized carbons (Fsp3) is 0.292. The van der Waals surface area contributed by atoms with Gasteiger partial charge in [0.05, 0.1) is 20.3 Å². The molecule has 2 aromatic carbocycles. The highest BCUT2D eigenvalue weighted by Gasteiger charge is 2.43. The third kappa shape index (κ3) is 3.76. The zero-order valence-electron chi connectivity index (χ0n) is 16.8. The maximum atomic E-state index is 13.5. The first-order chi connectivity index (χ1) is 13.9. The van der Waals surface area contributed by atoms with Crippen molar-refractivity contribution in [2.75, 3.05) is 20.3 Å². The monoisotopic (exact) mass is 393 g/mol. The molecule has 1 saturated heterocycles. The number of pyridine rings is 1. The van der Waals surface area contributed by atoms with Gasteiger partial charge in [0.25, 0.3) is 0 Å². The molecular weight excluding hydrogens is 369 g/mol. The predicted molar refractivity (Wildman–Crippen MR) is 109 cm³/mol. The van der Waals surface area contributed by atoms with Gasteiger partial charge >= 0.3 is 0 Å². The Morgan fingerprint density at radius 2 is 1.52 bits per heavy atom. The Morgan fingerprint density at radius 3 is 2.14 bits per heavy atom. The van der Waals surface area contributed by atoms with E-state index in [9.17, 15) is 4.39 Å². The van der Waals surface area contributed by atoms with Crippen molar-refractivity contribution >= 4 is 0 Å². The molecule has 4 nitrogen and oxygen atoms in total. The molecule has 5 heteroatoms. The second-order valence-electron chi connectivity index (χ2n) is 8.02. The second kappa shape index (κ2) is 7.58. The van der Waals surface area contributed by atoms with E-state index in [4.69, 9.17) is 14.2 Å². The molecule has 0 saturated carbocycles. The fourth-order valence-corrected chi connectivity index (χ4v) is 3.52. The van der Waals surface area contributed by atoms with Gasteiger partial charge in [-0.2, -0.15) is 0 Å². The number of halogens is 1. The minimum Gasteiger partial charge on any atom is -0.496 e. The molecule has 0 spiro atoms. The predicted octanol–water partition coefficient (Wildman–Crippen LogP) is 5.17. The summed E-state index contributed by atoms with van der Waals surface area (Å²) in [6.07, 6.45) is 3.47. The number of methoxy groups -OCH3 is 1. The molecule has 0 unspecified atom stereocenters. The largest absolute Gasteiger partial charge is 0.496 e. The van der Waals surface area contributed by atoms with Crippen LogP contribution in [0.5, 0.6) is 5.75 Å². The Labute approximate surface area is 170 Å². The maximum absolute atomic E-state index is 13.5. The van der Waals surface area contributed by atoms with Crippen molar-refractivity contribution in [1.82, 2.24) is 4.98 Å². The summed E-state index contributed by atoms with van der Waals surface area (Å²) in [5, 5.41) is 0. The highest BCUT2D eigenvalue weighted by molar-refractivity contribution is 5.70. The van der Waals surface area contributed by atoms with Gasteiger partial charge in [-0.15, -0.1) is 0 Å². The van der Waals surface area contributed by atoms with Gasteiger partial charge in [-0.25, -0.2) is 4.39 Å². The number of benzene rings is 2. The zero-order valence-corrected chi connectivity index (χ0v) is 16.8. The Balaban J connectivity index is 1.74. The highest BCUT2D eigenvalue weighted by Crippen LogP contribution is 2.42. The molecule has 4 rings (SSSR count). The molecule has 1 aliphatic rings. The summed E-state index contributed by atoms with van der Waals surface area (Å²) in [5.74, 6) is -0.817. The van der Waals surface area contributed by atoms with Gasteiger partial charge in [0.2, 0.25) is 5.79 Å². The molecule has 1 aromatic heterocycles. The number of nitrogens with zero attached hydrogens (tertiary/aromatic N) is 1. The van der Waals surface area contributed by atoms with Gasteiger partial charge in [0.1, 0.15) is 11.6 Å². The molecule has 0 amide bonds. The molecule has 0 radical (unpaired) electrons. The summed E-state index contributed by atoms with van der Waals surface area (Å²) < 4.78 is 31.6. The van der Waals surface area contributed by atoms with Crippen LogP contribution in [0.1, 0.15) is 25.0 Å². The molecule has 3 aromatic rings. The fourth-order valence-electron chi connectivity index (χ4n) is 3.52. The van der Waals surface area contributed by atoms with Gasteiger partial charge < -0.3 is 14.2 Å². The normalized spacial score (nSPS) is 17.7. The second-order valence-corrected chi connectivity index (χ2v) is 8.02. The molecule has 29 heavy (non-hydrogen) atoms. The van der Waals surface area contributed by atoms with Crippen LogP contribution in [0, 0.1) is 11.2 Å². The SMILES string of the molecule is COc1cc(F)ccc1-c1ccc(C2(c3ccncc3)OCC(C)(C)CO2)cc1. The molecule has 0 bridgehead atoms. The summed E-state index contributed by atoms with van der Waals surface area (Å²) in [6, 6.07) is 16.3. The van der Waals surface area contributed by atoms with Crippen LogP contribution < -0.4 is 4.74 Å². The van der Waals surface area contributed by atoms with Crippen LogP contribution in [-0.2, 0) is 15.3 Å². The van der Waals surface area contributed by atoms with Crippen molar-refractivity contribution in [2.24, 2.45) is 5.41 Å². The van der Waals surface area contributed by atoms with E-state index in [0.29, 0.717) is 19.0 Å². The smallest absolute Gasteiger partial charge is 0.222 e. The molecule has 1 aliphatic heterocycles. The van der Waals surface area contributed by atoms with Crippen molar-refractivity contribution in [3.63, 3.8) is 0 Å². The summed E-state index contributed by atoms with van der Waals surface area (Å²) in [6.45, 7) is 5.38. The Kier molecular flexibility index (Phi) is 5.11. The van der Waals surface area contributed by atoms with Crippen LogP contribution in [0.4, 0.5) is 4.39 Å². The standard InChI is InChI=1S/C24H24FNO3/c1-23(2)15-28-24(29-16-23,19-10-12-26-13-11-19)18-6-4-17(5-7-18)21-9-8-20(25)14-22(21)27-3/h4-14H,15-16H2,1-3H3. The van der Waals surface area contributed by atoms with E-state index in [-0.39, 0.29) is 11.2 Å². The van der Waals surface area contributed by atoms with Crippen LogP contribution >= 0.6 is 0 Å². The summed E-state index contributed by atoms with van der Waals surface area (Å²) >= 11 is 0. The molecule has 0 N–H and O–H groups in total. The number of rotatable bonds is 4. The topological polar surface area (TPSA) is 40.6 Å². The summed E-state index contributed by atoms with van der Waals surface area (Å²) in [4.78, 5) is 4.12. The average molecular weight is 393 g/mol. The van der Waals surface area contributed by atoms with E-state index in [0.717, 1.165) is 22.3 Å². The minimum absolute atomic E-state index is 0.0576.